The van der Waals surface area contributed by atoms with Crippen molar-refractivity contribution in [2.45, 2.75) is 13.3 Å². The van der Waals surface area contributed by atoms with E-state index in [1.807, 2.05) is 6.92 Å². The molecule has 4 rings (SSSR count). The van der Waals surface area contributed by atoms with Crippen LogP contribution in [-0.4, -0.2) is 11.8 Å². The van der Waals surface area contributed by atoms with Gasteiger partial charge in [0.05, 0.1) is 17.5 Å². The maximum absolute atomic E-state index is 12.7. The summed E-state index contributed by atoms with van der Waals surface area (Å²) in [5.74, 6) is 0.0630. The number of carbonyl (C=O) groups is 2. The first-order valence-corrected chi connectivity index (χ1v) is 7.28. The highest BCUT2D eigenvalue weighted by Gasteiger charge is 2.59. The van der Waals surface area contributed by atoms with Crippen LogP contribution in [0.2, 0.25) is 5.02 Å². The van der Waals surface area contributed by atoms with Crippen LogP contribution in [-0.2, 0) is 9.59 Å². The summed E-state index contributed by atoms with van der Waals surface area (Å²) in [4.78, 5) is 26.7. The molecule has 1 saturated carbocycles. The summed E-state index contributed by atoms with van der Waals surface area (Å²) in [6.07, 6.45) is 5.16. The molecule has 3 nitrogen and oxygen atoms in total. The fourth-order valence-electron chi connectivity index (χ4n) is 3.98. The van der Waals surface area contributed by atoms with Crippen molar-refractivity contribution in [3.05, 3.63) is 40.9 Å². The molecule has 1 saturated heterocycles. The van der Waals surface area contributed by atoms with Crippen LogP contribution >= 0.6 is 11.6 Å². The number of imide groups is 1. The van der Waals surface area contributed by atoms with Gasteiger partial charge in [0.15, 0.2) is 0 Å². The van der Waals surface area contributed by atoms with Crippen molar-refractivity contribution >= 4 is 29.1 Å². The van der Waals surface area contributed by atoms with Crippen molar-refractivity contribution in [2.24, 2.45) is 23.7 Å². The van der Waals surface area contributed by atoms with Gasteiger partial charge in [-0.25, -0.2) is 4.90 Å². The molecule has 2 fully saturated rings. The third kappa shape index (κ3) is 1.36. The lowest BCUT2D eigenvalue weighted by molar-refractivity contribution is -0.123. The Morgan fingerprint density at radius 2 is 1.70 bits per heavy atom. The number of amides is 2. The molecule has 0 radical (unpaired) electrons. The number of rotatable bonds is 1. The Morgan fingerprint density at radius 3 is 2.30 bits per heavy atom. The Kier molecular flexibility index (Phi) is 2.40. The summed E-state index contributed by atoms with van der Waals surface area (Å²) >= 11 is 6.12. The van der Waals surface area contributed by atoms with Gasteiger partial charge in [0.1, 0.15) is 0 Å². The first-order chi connectivity index (χ1) is 9.59. The Hall–Kier alpha value is -1.61. The van der Waals surface area contributed by atoms with E-state index in [-0.39, 0.29) is 35.5 Å². The second-order valence-electron chi connectivity index (χ2n) is 5.90. The zero-order valence-corrected chi connectivity index (χ0v) is 11.8. The van der Waals surface area contributed by atoms with E-state index in [0.717, 1.165) is 12.0 Å². The van der Waals surface area contributed by atoms with Crippen LogP contribution < -0.4 is 4.90 Å². The van der Waals surface area contributed by atoms with Crippen molar-refractivity contribution in [3.63, 3.8) is 0 Å². The number of anilines is 1. The van der Waals surface area contributed by atoms with Crippen molar-refractivity contribution < 1.29 is 9.59 Å². The summed E-state index contributed by atoms with van der Waals surface area (Å²) in [6.45, 7) is 1.85. The lowest BCUT2D eigenvalue weighted by Gasteiger charge is -2.19. The van der Waals surface area contributed by atoms with E-state index in [1.54, 1.807) is 18.2 Å². The van der Waals surface area contributed by atoms with E-state index in [1.165, 1.54) is 4.90 Å². The van der Waals surface area contributed by atoms with Crippen LogP contribution in [0.5, 0.6) is 0 Å². The highest BCUT2D eigenvalue weighted by Crippen LogP contribution is 2.53. The lowest BCUT2D eigenvalue weighted by atomic mass is 9.85. The number of halogens is 1. The molecule has 102 valence electrons. The quantitative estimate of drug-likeness (QED) is 0.588. The van der Waals surface area contributed by atoms with Gasteiger partial charge in [0, 0.05) is 5.02 Å². The van der Waals surface area contributed by atoms with Gasteiger partial charge in [-0.05, 0) is 42.9 Å². The van der Waals surface area contributed by atoms with E-state index < -0.39 is 0 Å². The van der Waals surface area contributed by atoms with Gasteiger partial charge in [-0.2, -0.15) is 0 Å². The van der Waals surface area contributed by atoms with Crippen LogP contribution in [0.3, 0.4) is 0 Å². The molecular weight excluding hydrogens is 274 g/mol. The number of carbonyl (C=O) groups excluding carboxylic acids is 2. The zero-order valence-electron chi connectivity index (χ0n) is 11.0. The normalized spacial score (nSPS) is 34.2. The van der Waals surface area contributed by atoms with E-state index in [0.29, 0.717) is 10.7 Å². The van der Waals surface area contributed by atoms with Gasteiger partial charge in [-0.3, -0.25) is 9.59 Å². The fourth-order valence-corrected chi connectivity index (χ4v) is 4.15. The van der Waals surface area contributed by atoms with Crippen LogP contribution in [0.15, 0.2) is 30.4 Å². The van der Waals surface area contributed by atoms with Crippen molar-refractivity contribution in [3.8, 4) is 0 Å². The monoisotopic (exact) mass is 287 g/mol. The fraction of sp³-hybridized carbons (Fsp3) is 0.375. The SMILES string of the molecule is Cc1c(Cl)cccc1N1C(=O)[C@H]2[C@H](C1=O)[C@H]1C=C[C@H]2C1. The van der Waals surface area contributed by atoms with Gasteiger partial charge in [-0.15, -0.1) is 0 Å². The highest BCUT2D eigenvalue weighted by molar-refractivity contribution is 6.32. The largest absolute Gasteiger partial charge is 0.274 e. The molecule has 0 unspecified atom stereocenters. The first kappa shape index (κ1) is 12.2. The average Bonchev–Trinajstić information content (AvgIpc) is 3.09. The van der Waals surface area contributed by atoms with E-state index in [9.17, 15) is 9.59 Å². The Balaban J connectivity index is 1.80. The summed E-state index contributed by atoms with van der Waals surface area (Å²) < 4.78 is 0. The molecule has 0 aromatic heterocycles. The molecule has 4 atom stereocenters. The molecule has 1 aromatic carbocycles. The predicted octanol–water partition coefficient (Wildman–Crippen LogP) is 2.96. The predicted molar refractivity (Wildman–Crippen MR) is 76.4 cm³/mol. The van der Waals surface area contributed by atoms with Crippen molar-refractivity contribution in [1.82, 2.24) is 0 Å². The number of benzene rings is 1. The number of nitrogens with zero attached hydrogens (tertiary/aromatic N) is 1. The molecule has 0 N–H and O–H groups in total. The van der Waals surface area contributed by atoms with Gasteiger partial charge < -0.3 is 0 Å². The second-order valence-corrected chi connectivity index (χ2v) is 6.30. The number of hydrogen-bond donors (Lipinski definition) is 0. The Bertz CT molecular complexity index is 636. The van der Waals surface area contributed by atoms with Crippen molar-refractivity contribution in [2.75, 3.05) is 4.90 Å². The minimum Gasteiger partial charge on any atom is -0.274 e. The molecule has 3 aliphatic rings. The van der Waals surface area contributed by atoms with Crippen LogP contribution in [0, 0.1) is 30.6 Å². The molecule has 2 bridgehead atoms. The summed E-state index contributed by atoms with van der Waals surface area (Å²) in [7, 11) is 0. The Morgan fingerprint density at radius 1 is 1.10 bits per heavy atom. The van der Waals surface area contributed by atoms with Gasteiger partial charge >= 0.3 is 0 Å². The van der Waals surface area contributed by atoms with Crippen LogP contribution in [0.1, 0.15) is 12.0 Å². The maximum atomic E-state index is 12.7. The second kappa shape index (κ2) is 3.95. The molecule has 2 amide bonds. The smallest absolute Gasteiger partial charge is 0.238 e. The maximum Gasteiger partial charge on any atom is 0.238 e. The number of hydrogen-bond acceptors (Lipinski definition) is 2. The molecule has 1 aromatic rings. The molecule has 2 aliphatic carbocycles. The molecule has 4 heteroatoms. The zero-order chi connectivity index (χ0) is 14.0. The third-order valence-corrected chi connectivity index (χ3v) is 5.36. The molecule has 1 aliphatic heterocycles. The van der Waals surface area contributed by atoms with Gasteiger partial charge in [0.25, 0.3) is 0 Å². The summed E-state index contributed by atoms with van der Waals surface area (Å²) in [5, 5.41) is 0.584. The molecule has 1 heterocycles. The molecule has 20 heavy (non-hydrogen) atoms. The van der Waals surface area contributed by atoms with Gasteiger partial charge in [-0.1, -0.05) is 29.8 Å². The van der Waals surface area contributed by atoms with E-state index in [2.05, 4.69) is 12.2 Å². The topological polar surface area (TPSA) is 37.4 Å². The number of allylic oxidation sites excluding steroid dienone is 2. The average molecular weight is 288 g/mol. The summed E-state index contributed by atoms with van der Waals surface area (Å²) in [6, 6.07) is 5.36. The summed E-state index contributed by atoms with van der Waals surface area (Å²) in [5.41, 5.74) is 1.43. The van der Waals surface area contributed by atoms with E-state index in [4.69, 9.17) is 11.6 Å². The highest BCUT2D eigenvalue weighted by atomic mass is 35.5. The van der Waals surface area contributed by atoms with Crippen LogP contribution in [0.4, 0.5) is 5.69 Å². The molecule has 0 spiro atoms. The van der Waals surface area contributed by atoms with Crippen LogP contribution in [0.25, 0.3) is 0 Å². The first-order valence-electron chi connectivity index (χ1n) is 6.91. The minimum atomic E-state index is -0.157. The van der Waals surface area contributed by atoms with E-state index >= 15 is 0 Å². The van der Waals surface area contributed by atoms with Gasteiger partial charge in [0.2, 0.25) is 11.8 Å². The lowest BCUT2D eigenvalue weighted by Crippen LogP contribution is -2.33. The van der Waals surface area contributed by atoms with Crippen molar-refractivity contribution in [1.29, 1.82) is 0 Å². The minimum absolute atomic E-state index is 0.0535. The Labute approximate surface area is 122 Å². The molecular formula is C16H14ClNO2. The standard InChI is InChI=1S/C16H14ClNO2/c1-8-11(17)3-2-4-12(8)18-15(19)13-9-5-6-10(7-9)14(13)16(18)20/h2-6,9-10,13-14H,7H2,1H3/t9-,10-,13+,14+/m0/s1. The third-order valence-electron chi connectivity index (χ3n) is 4.95. The number of fused-ring (bicyclic) bond motifs is 5.